The molecule has 0 amide bonds. The molecular formula is C15H17N. The Bertz CT molecular complexity index is 528. The van der Waals surface area contributed by atoms with Gasteiger partial charge < -0.3 is 0 Å². The Morgan fingerprint density at radius 2 is 1.88 bits per heavy atom. The first-order valence-corrected chi connectivity index (χ1v) is 6.22. The summed E-state index contributed by atoms with van der Waals surface area (Å²) in [6.45, 7) is 2.14. The lowest BCUT2D eigenvalue weighted by atomic mass is 10.0. The van der Waals surface area contributed by atoms with Crippen LogP contribution in [0.1, 0.15) is 36.1 Å². The molecule has 3 rings (SSSR count). The zero-order chi connectivity index (χ0) is 11.0. The normalized spacial score (nSPS) is 15.8. The van der Waals surface area contributed by atoms with Crippen LogP contribution in [0.2, 0.25) is 0 Å². The van der Waals surface area contributed by atoms with Gasteiger partial charge >= 0.3 is 0 Å². The lowest BCUT2D eigenvalue weighted by molar-refractivity contribution is 0.709. The minimum Gasteiger partial charge on any atom is -0.253 e. The van der Waals surface area contributed by atoms with Gasteiger partial charge in [-0.05, 0) is 56.4 Å². The van der Waals surface area contributed by atoms with Crippen LogP contribution in [-0.4, -0.2) is 4.98 Å². The first-order chi connectivity index (χ1) is 7.83. The van der Waals surface area contributed by atoms with E-state index in [-0.39, 0.29) is 0 Å². The second-order valence-corrected chi connectivity index (χ2v) is 4.85. The van der Waals surface area contributed by atoms with Crippen molar-refractivity contribution in [3.05, 3.63) is 41.1 Å². The standard InChI is InChI=1S/C15H17N/c1-11-7-8-15-13(9-11)10-12-5-3-2-4-6-14(12)16-15/h7-10H,2-6H2,1H3. The molecule has 0 bridgehead atoms. The first kappa shape index (κ1) is 9.83. The first-order valence-electron chi connectivity index (χ1n) is 6.22. The van der Waals surface area contributed by atoms with Crippen molar-refractivity contribution in [3.63, 3.8) is 0 Å². The molecular weight excluding hydrogens is 194 g/mol. The molecule has 1 aliphatic rings. The van der Waals surface area contributed by atoms with Gasteiger partial charge in [0.1, 0.15) is 0 Å². The molecule has 2 aromatic rings. The smallest absolute Gasteiger partial charge is 0.0705 e. The molecule has 0 radical (unpaired) electrons. The zero-order valence-electron chi connectivity index (χ0n) is 9.79. The number of benzene rings is 1. The number of hydrogen-bond donors (Lipinski definition) is 0. The Labute approximate surface area is 96.5 Å². The predicted molar refractivity (Wildman–Crippen MR) is 67.7 cm³/mol. The van der Waals surface area contributed by atoms with E-state index >= 15 is 0 Å². The minimum atomic E-state index is 1.16. The number of rotatable bonds is 0. The summed E-state index contributed by atoms with van der Waals surface area (Å²) in [5.41, 5.74) is 5.30. The summed E-state index contributed by atoms with van der Waals surface area (Å²) in [6, 6.07) is 8.90. The quantitative estimate of drug-likeness (QED) is 0.604. The molecule has 0 spiro atoms. The maximum atomic E-state index is 4.82. The predicted octanol–water partition coefficient (Wildman–Crippen LogP) is 3.81. The van der Waals surface area contributed by atoms with Crippen LogP contribution in [0, 0.1) is 6.92 Å². The Kier molecular flexibility index (Phi) is 2.39. The third-order valence-corrected chi connectivity index (χ3v) is 3.50. The highest BCUT2D eigenvalue weighted by Crippen LogP contribution is 2.23. The molecule has 1 heterocycles. The van der Waals surface area contributed by atoms with Gasteiger partial charge in [0.2, 0.25) is 0 Å². The molecule has 0 unspecified atom stereocenters. The van der Waals surface area contributed by atoms with Crippen LogP contribution in [0.15, 0.2) is 24.3 Å². The van der Waals surface area contributed by atoms with Gasteiger partial charge in [0, 0.05) is 11.1 Å². The van der Waals surface area contributed by atoms with E-state index in [9.17, 15) is 0 Å². The summed E-state index contributed by atoms with van der Waals surface area (Å²) >= 11 is 0. The summed E-state index contributed by atoms with van der Waals surface area (Å²) < 4.78 is 0. The summed E-state index contributed by atoms with van der Waals surface area (Å²) in [4.78, 5) is 4.82. The maximum Gasteiger partial charge on any atom is 0.0705 e. The van der Waals surface area contributed by atoms with Crippen molar-refractivity contribution in [2.24, 2.45) is 0 Å². The van der Waals surface area contributed by atoms with Gasteiger partial charge in [-0.25, -0.2) is 0 Å². The van der Waals surface area contributed by atoms with E-state index in [4.69, 9.17) is 4.98 Å². The molecule has 0 atom stereocenters. The number of nitrogens with zero attached hydrogens (tertiary/aromatic N) is 1. The maximum absolute atomic E-state index is 4.82. The number of hydrogen-bond acceptors (Lipinski definition) is 1. The fourth-order valence-corrected chi connectivity index (χ4v) is 2.60. The fourth-order valence-electron chi connectivity index (χ4n) is 2.60. The van der Waals surface area contributed by atoms with Crippen molar-refractivity contribution < 1.29 is 0 Å². The van der Waals surface area contributed by atoms with Gasteiger partial charge in [0.25, 0.3) is 0 Å². The fraction of sp³-hybridized carbons (Fsp3) is 0.400. The Morgan fingerprint density at radius 1 is 1.00 bits per heavy atom. The monoisotopic (exact) mass is 211 g/mol. The molecule has 0 saturated heterocycles. The SMILES string of the molecule is Cc1ccc2nc3c(cc2c1)CCCCC3. The van der Waals surface area contributed by atoms with E-state index in [2.05, 4.69) is 31.2 Å². The molecule has 1 aromatic carbocycles. The van der Waals surface area contributed by atoms with E-state index in [0.29, 0.717) is 0 Å². The van der Waals surface area contributed by atoms with E-state index in [1.807, 2.05) is 0 Å². The van der Waals surface area contributed by atoms with Crippen LogP contribution in [0.5, 0.6) is 0 Å². The Balaban J connectivity index is 2.20. The van der Waals surface area contributed by atoms with Gasteiger partial charge in [-0.15, -0.1) is 0 Å². The molecule has 1 nitrogen and oxygen atoms in total. The van der Waals surface area contributed by atoms with E-state index in [0.717, 1.165) is 5.52 Å². The molecule has 0 saturated carbocycles. The van der Waals surface area contributed by atoms with Gasteiger partial charge in [0.05, 0.1) is 5.52 Å². The Morgan fingerprint density at radius 3 is 2.81 bits per heavy atom. The molecule has 1 aliphatic carbocycles. The molecule has 1 aromatic heterocycles. The van der Waals surface area contributed by atoms with Crippen LogP contribution in [0.3, 0.4) is 0 Å². The average Bonchev–Trinajstić information content (AvgIpc) is 2.50. The largest absolute Gasteiger partial charge is 0.253 e. The summed E-state index contributed by atoms with van der Waals surface area (Å²) in [5.74, 6) is 0. The highest BCUT2D eigenvalue weighted by molar-refractivity contribution is 5.80. The van der Waals surface area contributed by atoms with Crippen LogP contribution >= 0.6 is 0 Å². The van der Waals surface area contributed by atoms with Gasteiger partial charge in [-0.3, -0.25) is 4.98 Å². The Hall–Kier alpha value is -1.37. The van der Waals surface area contributed by atoms with Crippen molar-refractivity contribution in [1.29, 1.82) is 0 Å². The third kappa shape index (κ3) is 1.71. The van der Waals surface area contributed by atoms with E-state index in [1.54, 1.807) is 0 Å². The molecule has 16 heavy (non-hydrogen) atoms. The lowest BCUT2D eigenvalue weighted by Gasteiger charge is -2.07. The van der Waals surface area contributed by atoms with Crippen LogP contribution in [-0.2, 0) is 12.8 Å². The molecule has 0 aliphatic heterocycles. The molecule has 1 heteroatoms. The van der Waals surface area contributed by atoms with Crippen molar-refractivity contribution in [3.8, 4) is 0 Å². The highest BCUT2D eigenvalue weighted by Gasteiger charge is 2.10. The topological polar surface area (TPSA) is 12.9 Å². The van der Waals surface area contributed by atoms with Gasteiger partial charge in [-0.2, -0.15) is 0 Å². The number of fused-ring (bicyclic) bond motifs is 2. The molecule has 0 fully saturated rings. The third-order valence-electron chi connectivity index (χ3n) is 3.50. The van der Waals surface area contributed by atoms with Crippen LogP contribution < -0.4 is 0 Å². The second-order valence-electron chi connectivity index (χ2n) is 4.85. The highest BCUT2D eigenvalue weighted by atomic mass is 14.7. The van der Waals surface area contributed by atoms with E-state index < -0.39 is 0 Å². The van der Waals surface area contributed by atoms with Gasteiger partial charge in [0.15, 0.2) is 0 Å². The summed E-state index contributed by atoms with van der Waals surface area (Å²) in [7, 11) is 0. The second kappa shape index (κ2) is 3.89. The summed E-state index contributed by atoms with van der Waals surface area (Å²) in [5, 5.41) is 1.31. The van der Waals surface area contributed by atoms with Crippen LogP contribution in [0.25, 0.3) is 10.9 Å². The molecule has 0 N–H and O–H groups in total. The zero-order valence-corrected chi connectivity index (χ0v) is 9.79. The lowest BCUT2D eigenvalue weighted by Crippen LogP contribution is -1.96. The minimum absolute atomic E-state index is 1.16. The van der Waals surface area contributed by atoms with Crippen LogP contribution in [0.4, 0.5) is 0 Å². The number of pyridine rings is 1. The van der Waals surface area contributed by atoms with Crippen molar-refractivity contribution >= 4 is 10.9 Å². The van der Waals surface area contributed by atoms with Crippen molar-refractivity contribution in [2.75, 3.05) is 0 Å². The van der Waals surface area contributed by atoms with Crippen molar-refractivity contribution in [2.45, 2.75) is 39.0 Å². The summed E-state index contributed by atoms with van der Waals surface area (Å²) in [6.07, 6.45) is 6.36. The number of aryl methyl sites for hydroxylation is 3. The number of aromatic nitrogens is 1. The molecule has 82 valence electrons. The average molecular weight is 211 g/mol. The van der Waals surface area contributed by atoms with E-state index in [1.165, 1.54) is 54.3 Å². The van der Waals surface area contributed by atoms with Crippen molar-refractivity contribution in [1.82, 2.24) is 4.98 Å². The van der Waals surface area contributed by atoms with Gasteiger partial charge in [-0.1, -0.05) is 18.1 Å².